The predicted molar refractivity (Wildman–Crippen MR) is 135 cm³/mol. The van der Waals surface area contributed by atoms with Crippen LogP contribution >= 0.6 is 0 Å². The minimum atomic E-state index is 0.307. The van der Waals surface area contributed by atoms with Crippen LogP contribution in [-0.4, -0.2) is 74.9 Å². The Hall–Kier alpha value is -2.70. The number of nitrogens with zero attached hydrogens (tertiary/aromatic N) is 2. The van der Waals surface area contributed by atoms with E-state index in [1.807, 2.05) is 24.3 Å². The van der Waals surface area contributed by atoms with Crippen LogP contribution in [0.2, 0.25) is 0 Å². The first-order chi connectivity index (χ1) is 16.6. The summed E-state index contributed by atoms with van der Waals surface area (Å²) in [5, 5.41) is 0. The molecule has 2 fully saturated rings. The number of carbonyl (C=O) groups is 2. The van der Waals surface area contributed by atoms with Gasteiger partial charge in [-0.05, 0) is 114 Å². The molecular formula is C28H38N2O4. The quantitative estimate of drug-likeness (QED) is 0.525. The van der Waals surface area contributed by atoms with Gasteiger partial charge in [0.1, 0.15) is 24.1 Å². The third-order valence-corrected chi connectivity index (χ3v) is 6.63. The summed E-state index contributed by atoms with van der Waals surface area (Å²) in [6, 6.07) is 15.3. The monoisotopic (exact) mass is 466 g/mol. The van der Waals surface area contributed by atoms with Gasteiger partial charge in [0.2, 0.25) is 0 Å². The lowest BCUT2D eigenvalue weighted by Crippen LogP contribution is -2.26. The van der Waals surface area contributed by atoms with Gasteiger partial charge in [0.05, 0.1) is 12.7 Å². The van der Waals surface area contributed by atoms with Crippen LogP contribution in [0.1, 0.15) is 59.2 Å². The molecule has 2 atom stereocenters. The van der Waals surface area contributed by atoms with Crippen LogP contribution in [0.15, 0.2) is 48.5 Å². The van der Waals surface area contributed by atoms with Crippen LogP contribution < -0.4 is 9.47 Å². The molecule has 0 aliphatic carbocycles. The summed E-state index contributed by atoms with van der Waals surface area (Å²) >= 11 is 0. The van der Waals surface area contributed by atoms with Crippen molar-refractivity contribution in [2.45, 2.75) is 50.7 Å². The first-order valence-corrected chi connectivity index (χ1v) is 12.4. The SMILES string of the molecule is CN1CCCC(Oc2ccc(C=O)cc2)CC1.CN1CCCC1CCOc1ccc(C=O)cc1. The molecule has 6 heteroatoms. The zero-order chi connectivity index (χ0) is 24.2. The highest BCUT2D eigenvalue weighted by atomic mass is 16.5. The van der Waals surface area contributed by atoms with E-state index in [4.69, 9.17) is 9.47 Å². The van der Waals surface area contributed by atoms with Crippen molar-refractivity contribution in [3.8, 4) is 11.5 Å². The molecule has 0 amide bonds. The number of aldehydes is 2. The van der Waals surface area contributed by atoms with Gasteiger partial charge < -0.3 is 19.3 Å². The van der Waals surface area contributed by atoms with Gasteiger partial charge in [-0.1, -0.05) is 0 Å². The first kappa shape index (κ1) is 25.9. The lowest BCUT2D eigenvalue weighted by Gasteiger charge is -2.19. The third kappa shape index (κ3) is 8.58. The van der Waals surface area contributed by atoms with Crippen molar-refractivity contribution >= 4 is 12.6 Å². The first-order valence-electron chi connectivity index (χ1n) is 12.4. The summed E-state index contributed by atoms with van der Waals surface area (Å²) in [5.74, 6) is 1.71. The third-order valence-electron chi connectivity index (χ3n) is 6.63. The van der Waals surface area contributed by atoms with Gasteiger partial charge in [-0.15, -0.1) is 0 Å². The van der Waals surface area contributed by atoms with Crippen molar-refractivity contribution in [3.05, 3.63) is 59.7 Å². The number of benzene rings is 2. The number of ether oxygens (including phenoxy) is 2. The van der Waals surface area contributed by atoms with Crippen molar-refractivity contribution in [1.82, 2.24) is 9.80 Å². The topological polar surface area (TPSA) is 59.1 Å². The Morgan fingerprint density at radius 2 is 1.41 bits per heavy atom. The Balaban J connectivity index is 0.000000191. The van der Waals surface area contributed by atoms with Gasteiger partial charge in [0.25, 0.3) is 0 Å². The molecule has 0 spiro atoms. The molecule has 2 heterocycles. The highest BCUT2D eigenvalue weighted by molar-refractivity contribution is 5.75. The second kappa shape index (κ2) is 13.9. The van der Waals surface area contributed by atoms with Gasteiger partial charge >= 0.3 is 0 Å². The van der Waals surface area contributed by atoms with Crippen molar-refractivity contribution in [2.24, 2.45) is 0 Å². The van der Waals surface area contributed by atoms with E-state index in [1.165, 1.54) is 25.8 Å². The van der Waals surface area contributed by atoms with Crippen LogP contribution in [0.4, 0.5) is 0 Å². The van der Waals surface area contributed by atoms with Crippen molar-refractivity contribution in [1.29, 1.82) is 0 Å². The van der Waals surface area contributed by atoms with E-state index in [0.717, 1.165) is 63.0 Å². The van der Waals surface area contributed by atoms with Crippen molar-refractivity contribution in [2.75, 3.05) is 40.3 Å². The molecule has 2 unspecified atom stereocenters. The summed E-state index contributed by atoms with van der Waals surface area (Å²) in [6.07, 6.45) is 9.04. The van der Waals surface area contributed by atoms with Gasteiger partial charge in [-0.3, -0.25) is 9.59 Å². The van der Waals surface area contributed by atoms with E-state index >= 15 is 0 Å². The predicted octanol–water partition coefficient (Wildman–Crippen LogP) is 4.72. The van der Waals surface area contributed by atoms with E-state index in [1.54, 1.807) is 24.3 Å². The maximum atomic E-state index is 10.5. The highest BCUT2D eigenvalue weighted by Gasteiger charge is 2.20. The zero-order valence-electron chi connectivity index (χ0n) is 20.5. The molecule has 0 saturated carbocycles. The number of hydrogen-bond donors (Lipinski definition) is 0. The summed E-state index contributed by atoms with van der Waals surface area (Å²) in [4.78, 5) is 25.8. The fraction of sp³-hybridized carbons (Fsp3) is 0.500. The van der Waals surface area contributed by atoms with Crippen LogP contribution in [0.5, 0.6) is 11.5 Å². The molecule has 0 bridgehead atoms. The zero-order valence-corrected chi connectivity index (χ0v) is 20.5. The molecule has 2 aliphatic rings. The molecular weight excluding hydrogens is 428 g/mol. The average molecular weight is 467 g/mol. The van der Waals surface area contributed by atoms with E-state index < -0.39 is 0 Å². The molecule has 4 rings (SSSR count). The Morgan fingerprint density at radius 3 is 2.00 bits per heavy atom. The molecule has 2 saturated heterocycles. The maximum absolute atomic E-state index is 10.5. The average Bonchev–Trinajstić information content (AvgIpc) is 3.16. The minimum absolute atomic E-state index is 0.307. The number of carbonyl (C=O) groups excluding carboxylic acids is 2. The largest absolute Gasteiger partial charge is 0.494 e. The second-order valence-corrected chi connectivity index (χ2v) is 9.26. The minimum Gasteiger partial charge on any atom is -0.494 e. The normalized spacial score (nSPS) is 21.1. The smallest absolute Gasteiger partial charge is 0.150 e. The standard InChI is InChI=1S/2C14H19NO2/c1-15-9-2-3-13(15)8-10-17-14-6-4-12(11-16)5-7-14;1-15-9-2-3-13(8-10-15)17-14-6-4-12(11-16)5-7-14/h2*4-7,11,13H,2-3,8-10H2,1H3. The van der Waals surface area contributed by atoms with Crippen LogP contribution in [0.25, 0.3) is 0 Å². The van der Waals surface area contributed by atoms with Crippen LogP contribution in [0.3, 0.4) is 0 Å². The number of rotatable bonds is 8. The molecule has 2 aromatic rings. The van der Waals surface area contributed by atoms with Gasteiger partial charge in [-0.2, -0.15) is 0 Å². The second-order valence-electron chi connectivity index (χ2n) is 9.26. The van der Waals surface area contributed by atoms with Gasteiger partial charge in [-0.25, -0.2) is 0 Å². The summed E-state index contributed by atoms with van der Waals surface area (Å²) < 4.78 is 11.6. The fourth-order valence-electron chi connectivity index (χ4n) is 4.44. The van der Waals surface area contributed by atoms with Crippen LogP contribution in [-0.2, 0) is 0 Å². The van der Waals surface area contributed by atoms with Crippen molar-refractivity contribution in [3.63, 3.8) is 0 Å². The maximum Gasteiger partial charge on any atom is 0.150 e. The Kier molecular flexibility index (Phi) is 10.6. The molecule has 6 nitrogen and oxygen atoms in total. The van der Waals surface area contributed by atoms with Gasteiger partial charge in [0, 0.05) is 23.7 Å². The van der Waals surface area contributed by atoms with E-state index in [-0.39, 0.29) is 0 Å². The number of hydrogen-bond acceptors (Lipinski definition) is 6. The summed E-state index contributed by atoms with van der Waals surface area (Å²) in [6.45, 7) is 4.20. The van der Waals surface area contributed by atoms with Gasteiger partial charge in [0.15, 0.2) is 0 Å². The van der Waals surface area contributed by atoms with E-state index in [9.17, 15) is 9.59 Å². The lowest BCUT2D eigenvalue weighted by molar-refractivity contribution is 0.111. The van der Waals surface area contributed by atoms with E-state index in [2.05, 4.69) is 23.9 Å². The number of likely N-dealkylation sites (tertiary alicyclic amines) is 2. The Bertz CT molecular complexity index is 869. The summed E-state index contributed by atoms with van der Waals surface area (Å²) in [7, 11) is 4.33. The highest BCUT2D eigenvalue weighted by Crippen LogP contribution is 2.20. The Morgan fingerprint density at radius 1 is 0.794 bits per heavy atom. The Labute approximate surface area is 203 Å². The molecule has 2 aliphatic heterocycles. The summed E-state index contributed by atoms with van der Waals surface area (Å²) in [5.41, 5.74) is 1.38. The molecule has 0 radical (unpaired) electrons. The lowest BCUT2D eigenvalue weighted by atomic mass is 10.1. The van der Waals surface area contributed by atoms with Crippen molar-refractivity contribution < 1.29 is 19.1 Å². The molecule has 34 heavy (non-hydrogen) atoms. The fourth-order valence-corrected chi connectivity index (χ4v) is 4.44. The molecule has 2 aromatic carbocycles. The molecule has 0 aromatic heterocycles. The molecule has 184 valence electrons. The molecule has 0 N–H and O–H groups in total. The van der Waals surface area contributed by atoms with E-state index in [0.29, 0.717) is 23.3 Å². The van der Waals surface area contributed by atoms with Crippen LogP contribution in [0, 0.1) is 0 Å².